The van der Waals surface area contributed by atoms with Gasteiger partial charge < -0.3 is 15.8 Å². The average Bonchev–Trinajstić information content (AvgIpc) is 2.45. The highest BCUT2D eigenvalue weighted by molar-refractivity contribution is 6.02. The van der Waals surface area contributed by atoms with Gasteiger partial charge >= 0.3 is 0 Å². The number of anilines is 2. The van der Waals surface area contributed by atoms with Crippen molar-refractivity contribution in [3.8, 4) is 0 Å². The highest BCUT2D eigenvalue weighted by Crippen LogP contribution is 2.26. The largest absolute Gasteiger partial charge is 0.409 e. The molecule has 0 unspecified atom stereocenters. The second-order valence-electron chi connectivity index (χ2n) is 4.71. The number of rotatable bonds is 3. The van der Waals surface area contributed by atoms with E-state index in [1.807, 2.05) is 50.1 Å². The maximum absolute atomic E-state index is 8.90. The van der Waals surface area contributed by atoms with Gasteiger partial charge in [0.05, 0.1) is 5.56 Å². The zero-order valence-corrected chi connectivity index (χ0v) is 11.8. The smallest absolute Gasteiger partial charge is 0.173 e. The lowest BCUT2D eigenvalue weighted by molar-refractivity contribution is 0.318. The molecule has 104 valence electrons. The van der Waals surface area contributed by atoms with Gasteiger partial charge in [0.1, 0.15) is 5.82 Å². The van der Waals surface area contributed by atoms with Gasteiger partial charge in [-0.25, -0.2) is 4.98 Å². The van der Waals surface area contributed by atoms with Crippen molar-refractivity contribution in [3.05, 3.63) is 53.2 Å². The Balaban J connectivity index is 2.53. The molecule has 0 atom stereocenters. The third kappa shape index (κ3) is 2.71. The lowest BCUT2D eigenvalue weighted by atomic mass is 10.1. The number of pyridine rings is 1. The van der Waals surface area contributed by atoms with Crippen molar-refractivity contribution in [3.63, 3.8) is 0 Å². The van der Waals surface area contributed by atoms with E-state index < -0.39 is 0 Å². The Morgan fingerprint density at radius 2 is 2.00 bits per heavy atom. The lowest BCUT2D eigenvalue weighted by Gasteiger charge is -2.21. The Bertz CT molecular complexity index is 652. The highest BCUT2D eigenvalue weighted by atomic mass is 16.4. The first-order chi connectivity index (χ1) is 9.52. The van der Waals surface area contributed by atoms with E-state index in [1.54, 1.807) is 6.07 Å². The van der Waals surface area contributed by atoms with Crippen LogP contribution in [0.5, 0.6) is 0 Å². The van der Waals surface area contributed by atoms with Crippen LogP contribution in [0.25, 0.3) is 0 Å². The molecule has 5 nitrogen and oxygen atoms in total. The summed E-state index contributed by atoms with van der Waals surface area (Å²) in [6.07, 6.45) is 0. The van der Waals surface area contributed by atoms with E-state index in [4.69, 9.17) is 10.9 Å². The highest BCUT2D eigenvalue weighted by Gasteiger charge is 2.14. The third-order valence-electron chi connectivity index (χ3n) is 3.10. The Hall–Kier alpha value is -2.56. The maximum Gasteiger partial charge on any atom is 0.173 e. The van der Waals surface area contributed by atoms with Crippen molar-refractivity contribution in [1.82, 2.24) is 4.98 Å². The molecule has 0 aliphatic rings. The molecule has 2 rings (SSSR count). The molecule has 5 heteroatoms. The van der Waals surface area contributed by atoms with Crippen LogP contribution in [0.3, 0.4) is 0 Å². The molecule has 0 saturated heterocycles. The number of hydrogen-bond donors (Lipinski definition) is 2. The Labute approximate surface area is 118 Å². The van der Waals surface area contributed by atoms with Gasteiger partial charge in [-0.15, -0.1) is 0 Å². The van der Waals surface area contributed by atoms with Crippen LogP contribution < -0.4 is 10.6 Å². The zero-order valence-electron chi connectivity index (χ0n) is 11.8. The van der Waals surface area contributed by atoms with Gasteiger partial charge in [0.2, 0.25) is 0 Å². The number of hydrogen-bond acceptors (Lipinski definition) is 4. The number of oxime groups is 1. The summed E-state index contributed by atoms with van der Waals surface area (Å²) in [6.45, 7) is 3.94. The van der Waals surface area contributed by atoms with E-state index in [9.17, 15) is 0 Å². The number of nitrogens with two attached hydrogens (primary N) is 1. The van der Waals surface area contributed by atoms with Crippen LogP contribution in [0.4, 0.5) is 11.5 Å². The predicted octanol–water partition coefficient (Wildman–Crippen LogP) is 2.56. The van der Waals surface area contributed by atoms with Gasteiger partial charge in [-0.3, -0.25) is 0 Å². The molecule has 0 saturated carbocycles. The summed E-state index contributed by atoms with van der Waals surface area (Å²) in [5, 5.41) is 12.0. The van der Waals surface area contributed by atoms with Gasteiger partial charge in [-0.1, -0.05) is 17.3 Å². The van der Waals surface area contributed by atoms with Crippen molar-refractivity contribution in [2.45, 2.75) is 13.8 Å². The first-order valence-electron chi connectivity index (χ1n) is 6.29. The lowest BCUT2D eigenvalue weighted by Crippen LogP contribution is -2.21. The molecule has 0 spiro atoms. The SMILES string of the molecule is Cc1cccc(N(C)c2nc(C)ccc2C(N)=NO)c1. The van der Waals surface area contributed by atoms with Gasteiger partial charge in [0.25, 0.3) is 0 Å². The summed E-state index contributed by atoms with van der Waals surface area (Å²) in [6, 6.07) is 11.7. The summed E-state index contributed by atoms with van der Waals surface area (Å²) in [5.41, 5.74) is 9.35. The fourth-order valence-corrected chi connectivity index (χ4v) is 2.01. The summed E-state index contributed by atoms with van der Waals surface area (Å²) in [7, 11) is 1.91. The molecule has 0 aliphatic heterocycles. The molecule has 1 aromatic carbocycles. The van der Waals surface area contributed by atoms with Crippen molar-refractivity contribution >= 4 is 17.3 Å². The van der Waals surface area contributed by atoms with Crippen molar-refractivity contribution in [1.29, 1.82) is 0 Å². The van der Waals surface area contributed by atoms with E-state index in [0.29, 0.717) is 11.4 Å². The van der Waals surface area contributed by atoms with E-state index in [-0.39, 0.29) is 5.84 Å². The minimum absolute atomic E-state index is 0.0482. The molecule has 0 radical (unpaired) electrons. The van der Waals surface area contributed by atoms with Crippen LogP contribution in [0.1, 0.15) is 16.8 Å². The molecule has 3 N–H and O–H groups in total. The van der Waals surface area contributed by atoms with Crippen molar-refractivity contribution < 1.29 is 5.21 Å². The fourth-order valence-electron chi connectivity index (χ4n) is 2.01. The van der Waals surface area contributed by atoms with Gasteiger partial charge in [0.15, 0.2) is 5.84 Å². The molecule has 0 fully saturated rings. The van der Waals surface area contributed by atoms with Crippen LogP contribution in [-0.2, 0) is 0 Å². The molecule has 20 heavy (non-hydrogen) atoms. The molecule has 0 amide bonds. The quantitative estimate of drug-likeness (QED) is 0.389. The minimum Gasteiger partial charge on any atom is -0.409 e. The van der Waals surface area contributed by atoms with Crippen LogP contribution in [0.15, 0.2) is 41.6 Å². The summed E-state index contributed by atoms with van der Waals surface area (Å²) in [5.74, 6) is 0.706. The van der Waals surface area contributed by atoms with Crippen LogP contribution in [-0.4, -0.2) is 23.1 Å². The normalized spacial score (nSPS) is 11.4. The number of aromatic nitrogens is 1. The second-order valence-corrected chi connectivity index (χ2v) is 4.71. The number of nitrogens with zero attached hydrogens (tertiary/aromatic N) is 3. The molecular weight excluding hydrogens is 252 g/mol. The number of benzene rings is 1. The topological polar surface area (TPSA) is 74.7 Å². The zero-order chi connectivity index (χ0) is 14.7. The Kier molecular flexibility index (Phi) is 3.89. The third-order valence-corrected chi connectivity index (χ3v) is 3.10. The van der Waals surface area contributed by atoms with Crippen LogP contribution in [0.2, 0.25) is 0 Å². The maximum atomic E-state index is 8.90. The first kappa shape index (κ1) is 13.9. The van der Waals surface area contributed by atoms with Crippen LogP contribution in [0, 0.1) is 13.8 Å². The first-order valence-corrected chi connectivity index (χ1v) is 6.29. The monoisotopic (exact) mass is 270 g/mol. The second kappa shape index (κ2) is 5.61. The standard InChI is InChI=1S/C15H18N4O/c1-10-5-4-6-12(9-10)19(3)15-13(14(16)18-20)8-7-11(2)17-15/h4-9,20H,1-3H3,(H2,16,18). The molecule has 0 aliphatic carbocycles. The van der Waals surface area contributed by atoms with Gasteiger partial charge in [-0.05, 0) is 43.7 Å². The molecule has 2 aromatic rings. The molecule has 1 aromatic heterocycles. The fraction of sp³-hybridized carbons (Fsp3) is 0.200. The molecule has 0 bridgehead atoms. The van der Waals surface area contributed by atoms with E-state index in [1.165, 1.54) is 0 Å². The number of aryl methyl sites for hydroxylation is 2. The Morgan fingerprint density at radius 1 is 1.25 bits per heavy atom. The van der Waals surface area contributed by atoms with E-state index in [2.05, 4.69) is 16.2 Å². The predicted molar refractivity (Wildman–Crippen MR) is 80.7 cm³/mol. The summed E-state index contributed by atoms with van der Waals surface area (Å²) < 4.78 is 0. The van der Waals surface area contributed by atoms with E-state index in [0.717, 1.165) is 16.9 Å². The van der Waals surface area contributed by atoms with Gasteiger partial charge in [0, 0.05) is 18.4 Å². The average molecular weight is 270 g/mol. The summed E-state index contributed by atoms with van der Waals surface area (Å²) in [4.78, 5) is 6.43. The van der Waals surface area contributed by atoms with Crippen molar-refractivity contribution in [2.24, 2.45) is 10.9 Å². The van der Waals surface area contributed by atoms with E-state index >= 15 is 0 Å². The minimum atomic E-state index is 0.0482. The van der Waals surface area contributed by atoms with Crippen LogP contribution >= 0.6 is 0 Å². The number of amidine groups is 1. The molecule has 1 heterocycles. The van der Waals surface area contributed by atoms with Gasteiger partial charge in [-0.2, -0.15) is 0 Å². The molecular formula is C15H18N4O. The summed E-state index contributed by atoms with van der Waals surface area (Å²) >= 11 is 0. The van der Waals surface area contributed by atoms with Crippen molar-refractivity contribution in [2.75, 3.05) is 11.9 Å². The Morgan fingerprint density at radius 3 is 2.65 bits per heavy atom.